The number of amides is 1. The first-order valence-electron chi connectivity index (χ1n) is 7.56. The van der Waals surface area contributed by atoms with E-state index in [2.05, 4.69) is 16.4 Å². The van der Waals surface area contributed by atoms with E-state index < -0.39 is 0 Å². The maximum Gasteiger partial charge on any atom is 0.227 e. The Bertz CT molecular complexity index is 785. The van der Waals surface area contributed by atoms with Crippen LogP contribution in [0.3, 0.4) is 0 Å². The van der Waals surface area contributed by atoms with Gasteiger partial charge in [-0.3, -0.25) is 4.79 Å². The summed E-state index contributed by atoms with van der Waals surface area (Å²) in [4.78, 5) is 16.6. The molecule has 4 rings (SSSR count). The highest BCUT2D eigenvalue weighted by Gasteiger charge is 2.25. The third-order valence-electron chi connectivity index (χ3n) is 4.17. The highest BCUT2D eigenvalue weighted by atomic mass is 32.1. The molecule has 0 saturated heterocycles. The maximum atomic E-state index is 11.9. The van der Waals surface area contributed by atoms with Crippen LogP contribution in [0.15, 0.2) is 48.5 Å². The van der Waals surface area contributed by atoms with E-state index >= 15 is 0 Å². The van der Waals surface area contributed by atoms with Gasteiger partial charge in [0.05, 0.1) is 10.2 Å². The molecule has 0 unspecified atom stereocenters. The molecule has 3 aromatic rings. The zero-order valence-electron chi connectivity index (χ0n) is 12.1. The molecule has 0 atom stereocenters. The number of benzene rings is 2. The Balaban J connectivity index is 1.54. The van der Waals surface area contributed by atoms with Crippen LogP contribution in [-0.4, -0.2) is 10.9 Å². The van der Waals surface area contributed by atoms with Gasteiger partial charge in [-0.15, -0.1) is 11.3 Å². The molecule has 0 radical (unpaired) electrons. The summed E-state index contributed by atoms with van der Waals surface area (Å²) in [6.45, 7) is 0. The van der Waals surface area contributed by atoms with Gasteiger partial charge >= 0.3 is 0 Å². The zero-order chi connectivity index (χ0) is 14.9. The van der Waals surface area contributed by atoms with Gasteiger partial charge in [-0.1, -0.05) is 18.6 Å². The Kier molecular flexibility index (Phi) is 3.39. The smallest absolute Gasteiger partial charge is 0.227 e. The Morgan fingerprint density at radius 3 is 2.55 bits per heavy atom. The molecule has 1 fully saturated rings. The summed E-state index contributed by atoms with van der Waals surface area (Å²) in [6.07, 6.45) is 3.22. The van der Waals surface area contributed by atoms with Gasteiger partial charge in [0.2, 0.25) is 5.91 Å². The van der Waals surface area contributed by atoms with Crippen molar-refractivity contribution in [2.45, 2.75) is 19.3 Å². The van der Waals surface area contributed by atoms with E-state index in [1.165, 1.54) is 11.1 Å². The second kappa shape index (κ2) is 5.54. The van der Waals surface area contributed by atoms with E-state index in [0.717, 1.165) is 34.6 Å². The van der Waals surface area contributed by atoms with Gasteiger partial charge in [0.15, 0.2) is 0 Å². The largest absolute Gasteiger partial charge is 0.326 e. The van der Waals surface area contributed by atoms with Crippen LogP contribution in [0.4, 0.5) is 5.69 Å². The fourth-order valence-electron chi connectivity index (χ4n) is 2.61. The Hall–Kier alpha value is -2.20. The Labute approximate surface area is 133 Å². The molecular weight excluding hydrogens is 292 g/mol. The minimum absolute atomic E-state index is 0.152. The molecule has 0 bridgehead atoms. The molecule has 1 heterocycles. The van der Waals surface area contributed by atoms with Gasteiger partial charge < -0.3 is 5.32 Å². The number of thiazole rings is 1. The molecule has 4 heteroatoms. The minimum Gasteiger partial charge on any atom is -0.326 e. The van der Waals surface area contributed by atoms with Crippen LogP contribution >= 0.6 is 11.3 Å². The highest BCUT2D eigenvalue weighted by Crippen LogP contribution is 2.31. The van der Waals surface area contributed by atoms with E-state index in [4.69, 9.17) is 0 Å². The molecule has 1 N–H and O–H groups in total. The molecule has 1 aliphatic carbocycles. The van der Waals surface area contributed by atoms with Crippen molar-refractivity contribution < 1.29 is 4.79 Å². The predicted octanol–water partition coefficient (Wildman–Crippen LogP) is 4.70. The van der Waals surface area contributed by atoms with Crippen molar-refractivity contribution in [3.05, 3.63) is 48.5 Å². The SMILES string of the molecule is O=C(Nc1ccc(-c2nc3ccccc3s2)cc1)C1CCC1. The van der Waals surface area contributed by atoms with Crippen LogP contribution in [-0.2, 0) is 4.79 Å². The molecule has 0 spiro atoms. The van der Waals surface area contributed by atoms with Gasteiger partial charge in [-0.2, -0.15) is 0 Å². The molecule has 22 heavy (non-hydrogen) atoms. The lowest BCUT2D eigenvalue weighted by molar-refractivity contribution is -0.122. The first-order valence-corrected chi connectivity index (χ1v) is 8.38. The van der Waals surface area contributed by atoms with Crippen LogP contribution in [0, 0.1) is 5.92 Å². The van der Waals surface area contributed by atoms with Crippen molar-refractivity contribution in [1.82, 2.24) is 4.98 Å². The fraction of sp³-hybridized carbons (Fsp3) is 0.222. The van der Waals surface area contributed by atoms with E-state index in [0.29, 0.717) is 0 Å². The average Bonchev–Trinajstić information content (AvgIpc) is 2.90. The summed E-state index contributed by atoms with van der Waals surface area (Å²) in [7, 11) is 0. The molecule has 3 nitrogen and oxygen atoms in total. The molecule has 1 amide bonds. The van der Waals surface area contributed by atoms with E-state index in [-0.39, 0.29) is 11.8 Å². The van der Waals surface area contributed by atoms with Crippen molar-refractivity contribution in [1.29, 1.82) is 0 Å². The molecule has 1 aromatic heterocycles. The lowest BCUT2D eigenvalue weighted by atomic mass is 9.85. The monoisotopic (exact) mass is 308 g/mol. The molecule has 0 aliphatic heterocycles. The third-order valence-corrected chi connectivity index (χ3v) is 5.25. The van der Waals surface area contributed by atoms with E-state index in [1.807, 2.05) is 42.5 Å². The summed E-state index contributed by atoms with van der Waals surface area (Å²) in [6, 6.07) is 16.1. The number of rotatable bonds is 3. The van der Waals surface area contributed by atoms with Gasteiger partial charge in [-0.25, -0.2) is 4.98 Å². The van der Waals surface area contributed by atoms with Crippen molar-refractivity contribution in [3.8, 4) is 10.6 Å². The van der Waals surface area contributed by atoms with Crippen LogP contribution in [0.2, 0.25) is 0 Å². The number of hydrogen-bond acceptors (Lipinski definition) is 3. The average molecular weight is 308 g/mol. The number of para-hydroxylation sites is 1. The number of carbonyl (C=O) groups excluding carboxylic acids is 1. The van der Waals surface area contributed by atoms with E-state index in [9.17, 15) is 4.79 Å². The normalized spacial score (nSPS) is 14.7. The topological polar surface area (TPSA) is 42.0 Å². The van der Waals surface area contributed by atoms with Crippen LogP contribution < -0.4 is 5.32 Å². The summed E-state index contributed by atoms with van der Waals surface area (Å²) < 4.78 is 1.19. The van der Waals surface area contributed by atoms with Crippen molar-refractivity contribution in [2.75, 3.05) is 5.32 Å². The first kappa shape index (κ1) is 13.5. The number of anilines is 1. The maximum absolute atomic E-state index is 11.9. The standard InChI is InChI=1S/C18H16N2OS/c21-17(12-4-3-5-12)19-14-10-8-13(9-11-14)18-20-15-6-1-2-7-16(15)22-18/h1-2,6-12H,3-5H2,(H,19,21). The Morgan fingerprint density at radius 1 is 1.09 bits per heavy atom. The highest BCUT2D eigenvalue weighted by molar-refractivity contribution is 7.21. The molecule has 2 aromatic carbocycles. The predicted molar refractivity (Wildman–Crippen MR) is 91.0 cm³/mol. The molecule has 1 aliphatic rings. The number of carbonyl (C=O) groups is 1. The van der Waals surface area contributed by atoms with Gasteiger partial charge in [0.25, 0.3) is 0 Å². The molecule has 110 valence electrons. The quantitative estimate of drug-likeness (QED) is 0.762. The third kappa shape index (κ3) is 2.50. The number of nitrogens with one attached hydrogen (secondary N) is 1. The summed E-state index contributed by atoms with van der Waals surface area (Å²) >= 11 is 1.69. The lowest BCUT2D eigenvalue weighted by Crippen LogP contribution is -2.27. The Morgan fingerprint density at radius 2 is 1.86 bits per heavy atom. The fourth-order valence-corrected chi connectivity index (χ4v) is 3.58. The van der Waals surface area contributed by atoms with Gasteiger partial charge in [0.1, 0.15) is 5.01 Å². The number of hydrogen-bond donors (Lipinski definition) is 1. The van der Waals surface area contributed by atoms with Crippen LogP contribution in [0.25, 0.3) is 20.8 Å². The second-order valence-electron chi connectivity index (χ2n) is 5.68. The molecule has 1 saturated carbocycles. The van der Waals surface area contributed by atoms with Gasteiger partial charge in [0, 0.05) is 17.2 Å². The van der Waals surface area contributed by atoms with Crippen molar-refractivity contribution in [2.24, 2.45) is 5.92 Å². The summed E-state index contributed by atoms with van der Waals surface area (Å²) in [5, 5.41) is 4.01. The second-order valence-corrected chi connectivity index (χ2v) is 6.71. The van der Waals surface area contributed by atoms with Crippen LogP contribution in [0.5, 0.6) is 0 Å². The van der Waals surface area contributed by atoms with Crippen LogP contribution in [0.1, 0.15) is 19.3 Å². The van der Waals surface area contributed by atoms with Crippen molar-refractivity contribution >= 4 is 33.1 Å². The van der Waals surface area contributed by atoms with Crippen molar-refractivity contribution in [3.63, 3.8) is 0 Å². The van der Waals surface area contributed by atoms with E-state index in [1.54, 1.807) is 11.3 Å². The summed E-state index contributed by atoms with van der Waals surface area (Å²) in [5.41, 5.74) is 2.98. The zero-order valence-corrected chi connectivity index (χ0v) is 12.9. The lowest BCUT2D eigenvalue weighted by Gasteiger charge is -2.24. The first-order chi connectivity index (χ1) is 10.8. The van der Waals surface area contributed by atoms with Gasteiger partial charge in [-0.05, 0) is 49.2 Å². The number of aromatic nitrogens is 1. The number of nitrogens with zero attached hydrogens (tertiary/aromatic N) is 1. The number of fused-ring (bicyclic) bond motifs is 1. The molecular formula is C18H16N2OS. The summed E-state index contributed by atoms with van der Waals surface area (Å²) in [5.74, 6) is 0.364. The minimum atomic E-state index is 0.152.